The number of phenols is 1. The molecule has 0 radical (unpaired) electrons. The van der Waals surface area contributed by atoms with Crippen molar-refractivity contribution in [1.82, 2.24) is 4.90 Å². The molecular weight excluding hydrogens is 486 g/mol. The van der Waals surface area contributed by atoms with Gasteiger partial charge in [-0.2, -0.15) is 5.10 Å². The van der Waals surface area contributed by atoms with Crippen LogP contribution < -0.4 is 4.74 Å². The molecule has 1 aliphatic rings. The van der Waals surface area contributed by atoms with Crippen molar-refractivity contribution in [2.75, 3.05) is 7.11 Å². The third-order valence-electron chi connectivity index (χ3n) is 5.65. The molecule has 5 rings (SSSR count). The molecule has 4 aromatic rings. The Kier molecular flexibility index (Phi) is 7.19. The maximum atomic E-state index is 13.3. The van der Waals surface area contributed by atoms with Gasteiger partial charge in [0.15, 0.2) is 16.7 Å². The molecule has 1 N–H and O–H groups in total. The normalized spacial score (nSPS) is 15.8. The minimum Gasteiger partial charge on any atom is -0.504 e. The zero-order chi connectivity index (χ0) is 25.6. The SMILES string of the molecule is COc1cc(/C=N/N=C2\S/C(=C\c3ccc(-c4ccccc4)cc3)C(=O)N2Cc2ccco2)ccc1O. The average Bonchev–Trinajstić information content (AvgIpc) is 3.55. The van der Waals surface area contributed by atoms with Crippen LogP contribution in [0.2, 0.25) is 0 Å². The lowest BCUT2D eigenvalue weighted by molar-refractivity contribution is -0.122. The first-order valence-corrected chi connectivity index (χ1v) is 12.3. The third kappa shape index (κ3) is 5.65. The number of thioether (sulfide) groups is 1. The van der Waals surface area contributed by atoms with Gasteiger partial charge in [0.05, 0.1) is 31.0 Å². The van der Waals surface area contributed by atoms with Crippen LogP contribution in [0.5, 0.6) is 11.5 Å². The number of ether oxygens (including phenoxy) is 1. The number of amidine groups is 1. The summed E-state index contributed by atoms with van der Waals surface area (Å²) in [6.07, 6.45) is 4.96. The van der Waals surface area contributed by atoms with Gasteiger partial charge in [-0.3, -0.25) is 9.69 Å². The number of carbonyl (C=O) groups excluding carboxylic acids is 1. The number of methoxy groups -OCH3 is 1. The van der Waals surface area contributed by atoms with Gasteiger partial charge in [0.2, 0.25) is 0 Å². The first kappa shape index (κ1) is 24.1. The minimum absolute atomic E-state index is 0.0408. The number of phenolic OH excluding ortho intramolecular Hbond substituents is 1. The average molecular weight is 510 g/mol. The van der Waals surface area contributed by atoms with Gasteiger partial charge >= 0.3 is 0 Å². The standard InChI is InChI=1S/C29H23N3O4S/c1-35-26-16-21(11-14-25(26)33)18-30-31-29-32(19-24-8-5-15-36-24)28(34)27(37-29)17-20-9-12-23(13-10-20)22-6-3-2-4-7-22/h2-18,33H,19H2,1H3/b27-17-,30-18+,31-29-. The van der Waals surface area contributed by atoms with Gasteiger partial charge in [0.1, 0.15) is 5.76 Å². The topological polar surface area (TPSA) is 87.6 Å². The number of carbonyl (C=O) groups is 1. The maximum absolute atomic E-state index is 13.3. The van der Waals surface area contributed by atoms with Crippen molar-refractivity contribution in [3.63, 3.8) is 0 Å². The van der Waals surface area contributed by atoms with Crippen molar-refractivity contribution in [2.24, 2.45) is 10.2 Å². The highest BCUT2D eigenvalue weighted by Gasteiger charge is 2.34. The van der Waals surface area contributed by atoms with Gasteiger partial charge in [-0.05, 0) is 70.4 Å². The Hall–Kier alpha value is -4.56. The largest absolute Gasteiger partial charge is 0.504 e. The van der Waals surface area contributed by atoms with Crippen molar-refractivity contribution >= 4 is 35.1 Å². The number of aromatic hydroxyl groups is 1. The van der Waals surface area contributed by atoms with E-state index in [1.54, 1.807) is 29.4 Å². The van der Waals surface area contributed by atoms with Crippen LogP contribution in [-0.4, -0.2) is 34.4 Å². The van der Waals surface area contributed by atoms with Crippen LogP contribution in [0.4, 0.5) is 0 Å². The van der Waals surface area contributed by atoms with Gasteiger partial charge in [0.25, 0.3) is 5.91 Å². The minimum atomic E-state index is -0.172. The quantitative estimate of drug-likeness (QED) is 0.183. The monoisotopic (exact) mass is 509 g/mol. The second-order valence-corrected chi connectivity index (χ2v) is 9.14. The molecule has 1 fully saturated rings. The highest BCUT2D eigenvalue weighted by molar-refractivity contribution is 8.18. The fraction of sp³-hybridized carbons (Fsp3) is 0.0690. The molecule has 8 heteroatoms. The lowest BCUT2D eigenvalue weighted by Gasteiger charge is -2.12. The van der Waals surface area contributed by atoms with E-state index in [-0.39, 0.29) is 18.2 Å². The molecule has 37 heavy (non-hydrogen) atoms. The molecule has 1 saturated heterocycles. The number of furan rings is 1. The third-order valence-corrected chi connectivity index (χ3v) is 6.65. The first-order chi connectivity index (χ1) is 18.1. The Bertz CT molecular complexity index is 1480. The summed E-state index contributed by atoms with van der Waals surface area (Å²) in [6.45, 7) is 0.241. The van der Waals surface area contributed by atoms with E-state index in [2.05, 4.69) is 22.3 Å². The number of rotatable bonds is 7. The molecule has 0 atom stereocenters. The molecule has 0 unspecified atom stereocenters. The highest BCUT2D eigenvalue weighted by Crippen LogP contribution is 2.34. The Morgan fingerprint density at radius 1 is 0.973 bits per heavy atom. The summed E-state index contributed by atoms with van der Waals surface area (Å²) >= 11 is 1.26. The van der Waals surface area contributed by atoms with E-state index in [0.717, 1.165) is 16.7 Å². The smallest absolute Gasteiger partial charge is 0.267 e. The van der Waals surface area contributed by atoms with E-state index < -0.39 is 0 Å². The Morgan fingerprint density at radius 2 is 1.73 bits per heavy atom. The molecule has 1 amide bonds. The van der Waals surface area contributed by atoms with E-state index in [1.807, 2.05) is 54.6 Å². The van der Waals surface area contributed by atoms with Gasteiger partial charge in [-0.15, -0.1) is 5.10 Å². The molecule has 184 valence electrons. The summed E-state index contributed by atoms with van der Waals surface area (Å²) in [5.41, 5.74) is 3.85. The number of hydrogen-bond acceptors (Lipinski definition) is 7. The van der Waals surface area contributed by atoms with E-state index in [0.29, 0.717) is 27.1 Å². The maximum Gasteiger partial charge on any atom is 0.267 e. The van der Waals surface area contributed by atoms with Crippen molar-refractivity contribution in [2.45, 2.75) is 6.54 Å². The fourth-order valence-electron chi connectivity index (χ4n) is 3.75. The molecule has 2 heterocycles. The highest BCUT2D eigenvalue weighted by atomic mass is 32.2. The van der Waals surface area contributed by atoms with Crippen molar-refractivity contribution < 1.29 is 19.1 Å². The molecule has 1 aromatic heterocycles. The molecule has 1 aliphatic heterocycles. The van der Waals surface area contributed by atoms with Gasteiger partial charge in [-0.25, -0.2) is 0 Å². The summed E-state index contributed by atoms with van der Waals surface area (Å²) in [6, 6.07) is 26.7. The van der Waals surface area contributed by atoms with Crippen LogP contribution in [0.1, 0.15) is 16.9 Å². The molecular formula is C29H23N3O4S. The number of nitrogens with zero attached hydrogens (tertiary/aromatic N) is 3. The molecule has 3 aromatic carbocycles. The van der Waals surface area contributed by atoms with Gasteiger partial charge < -0.3 is 14.3 Å². The van der Waals surface area contributed by atoms with Crippen molar-refractivity contribution in [3.05, 3.63) is 113 Å². The summed E-state index contributed by atoms with van der Waals surface area (Å²) in [5, 5.41) is 18.7. The predicted molar refractivity (Wildman–Crippen MR) is 146 cm³/mol. The lowest BCUT2D eigenvalue weighted by atomic mass is 10.0. The Labute approximate surface area is 218 Å². The van der Waals surface area contributed by atoms with E-state index >= 15 is 0 Å². The van der Waals surface area contributed by atoms with Crippen LogP contribution in [0.25, 0.3) is 17.2 Å². The van der Waals surface area contributed by atoms with E-state index in [4.69, 9.17) is 9.15 Å². The summed E-state index contributed by atoms with van der Waals surface area (Å²) < 4.78 is 10.6. The summed E-state index contributed by atoms with van der Waals surface area (Å²) in [5.74, 6) is 0.847. The van der Waals surface area contributed by atoms with Crippen LogP contribution in [0.15, 0.2) is 111 Å². The molecule has 0 saturated carbocycles. The molecule has 7 nitrogen and oxygen atoms in total. The van der Waals surface area contributed by atoms with Crippen LogP contribution >= 0.6 is 11.8 Å². The molecule has 0 spiro atoms. The van der Waals surface area contributed by atoms with Crippen molar-refractivity contribution in [3.8, 4) is 22.6 Å². The number of amides is 1. The summed E-state index contributed by atoms with van der Waals surface area (Å²) in [7, 11) is 1.48. The second-order valence-electron chi connectivity index (χ2n) is 8.13. The Morgan fingerprint density at radius 3 is 2.46 bits per heavy atom. The zero-order valence-corrected chi connectivity index (χ0v) is 20.8. The second kappa shape index (κ2) is 11.0. The van der Waals surface area contributed by atoms with Crippen LogP contribution in [-0.2, 0) is 11.3 Å². The molecule has 0 bridgehead atoms. The number of benzene rings is 3. The van der Waals surface area contributed by atoms with Gasteiger partial charge in [-0.1, -0.05) is 54.6 Å². The van der Waals surface area contributed by atoms with E-state index in [9.17, 15) is 9.90 Å². The first-order valence-electron chi connectivity index (χ1n) is 11.5. The van der Waals surface area contributed by atoms with Gasteiger partial charge in [0, 0.05) is 0 Å². The van der Waals surface area contributed by atoms with E-state index in [1.165, 1.54) is 31.2 Å². The fourth-order valence-corrected chi connectivity index (χ4v) is 4.69. The van der Waals surface area contributed by atoms with Crippen LogP contribution in [0.3, 0.4) is 0 Å². The molecule has 0 aliphatic carbocycles. The number of hydrogen-bond donors (Lipinski definition) is 1. The Balaban J connectivity index is 1.40. The van der Waals surface area contributed by atoms with Crippen molar-refractivity contribution in [1.29, 1.82) is 0 Å². The zero-order valence-electron chi connectivity index (χ0n) is 19.9. The predicted octanol–water partition coefficient (Wildman–Crippen LogP) is 6.17. The summed E-state index contributed by atoms with van der Waals surface area (Å²) in [4.78, 5) is 15.4. The van der Waals surface area contributed by atoms with Crippen LogP contribution in [0, 0.1) is 0 Å². The lowest BCUT2D eigenvalue weighted by Crippen LogP contribution is -2.28.